The molecule has 1 rings (SSSR count). The zero-order valence-corrected chi connectivity index (χ0v) is 11.6. The third-order valence-corrected chi connectivity index (χ3v) is 3.37. The van der Waals surface area contributed by atoms with Crippen molar-refractivity contribution in [3.05, 3.63) is 34.9 Å². The number of rotatable bonds is 5. The van der Waals surface area contributed by atoms with Gasteiger partial charge in [0, 0.05) is 12.1 Å². The number of benzene rings is 1. The summed E-state index contributed by atoms with van der Waals surface area (Å²) >= 11 is 0. The highest BCUT2D eigenvalue weighted by atomic mass is 16.3. The molecule has 2 unspecified atom stereocenters. The Kier molecular flexibility index (Phi) is 5.16. The first kappa shape index (κ1) is 14.2. The summed E-state index contributed by atoms with van der Waals surface area (Å²) in [6, 6.07) is 6.95. The van der Waals surface area contributed by atoms with Gasteiger partial charge >= 0.3 is 0 Å². The molecule has 2 nitrogen and oxygen atoms in total. The van der Waals surface area contributed by atoms with E-state index in [1.807, 2.05) is 0 Å². The summed E-state index contributed by atoms with van der Waals surface area (Å²) in [6.45, 7) is 10.9. The van der Waals surface area contributed by atoms with Gasteiger partial charge in [-0.05, 0) is 37.8 Å². The van der Waals surface area contributed by atoms with E-state index in [0.29, 0.717) is 5.92 Å². The minimum atomic E-state index is 0.157. The molecule has 2 heteroatoms. The number of hydrogen-bond donors (Lipinski definition) is 2. The van der Waals surface area contributed by atoms with Crippen molar-refractivity contribution < 1.29 is 5.11 Å². The van der Waals surface area contributed by atoms with Gasteiger partial charge in [-0.2, -0.15) is 0 Å². The van der Waals surface area contributed by atoms with E-state index in [1.165, 1.54) is 16.7 Å². The Bertz CT molecular complexity index is 360. The molecule has 0 heterocycles. The molecule has 0 bridgehead atoms. The van der Waals surface area contributed by atoms with Crippen LogP contribution in [0.15, 0.2) is 18.2 Å². The van der Waals surface area contributed by atoms with E-state index >= 15 is 0 Å². The third kappa shape index (κ3) is 3.83. The molecular weight excluding hydrogens is 210 g/mol. The Morgan fingerprint density at radius 3 is 2.35 bits per heavy atom. The molecule has 1 aromatic rings. The first-order valence-electron chi connectivity index (χ1n) is 6.39. The lowest BCUT2D eigenvalue weighted by Gasteiger charge is -2.26. The Hall–Kier alpha value is -0.860. The van der Waals surface area contributed by atoms with Crippen molar-refractivity contribution in [2.75, 3.05) is 6.61 Å². The quantitative estimate of drug-likeness (QED) is 0.822. The van der Waals surface area contributed by atoms with Gasteiger partial charge in [-0.25, -0.2) is 0 Å². The lowest BCUT2D eigenvalue weighted by Crippen LogP contribution is -2.38. The summed E-state index contributed by atoms with van der Waals surface area (Å²) in [5.41, 5.74) is 3.91. The molecule has 1 aromatic carbocycles. The highest BCUT2D eigenvalue weighted by Gasteiger charge is 2.16. The predicted octanol–water partition coefficient (Wildman–Crippen LogP) is 2.97. The Morgan fingerprint density at radius 2 is 1.82 bits per heavy atom. The molecular formula is C15H25NO. The van der Waals surface area contributed by atoms with Crippen molar-refractivity contribution >= 4 is 0 Å². The largest absolute Gasteiger partial charge is 0.395 e. The molecule has 17 heavy (non-hydrogen) atoms. The lowest BCUT2D eigenvalue weighted by molar-refractivity contribution is 0.201. The fraction of sp³-hybridized carbons (Fsp3) is 0.600. The van der Waals surface area contributed by atoms with E-state index in [1.54, 1.807) is 0 Å². The van der Waals surface area contributed by atoms with Gasteiger partial charge in [0.2, 0.25) is 0 Å². The summed E-state index contributed by atoms with van der Waals surface area (Å²) < 4.78 is 0. The lowest BCUT2D eigenvalue weighted by atomic mass is 9.97. The van der Waals surface area contributed by atoms with Gasteiger partial charge in [0.1, 0.15) is 0 Å². The molecule has 0 radical (unpaired) electrons. The van der Waals surface area contributed by atoms with Gasteiger partial charge in [-0.3, -0.25) is 0 Å². The molecule has 0 aliphatic carbocycles. The average molecular weight is 235 g/mol. The number of aliphatic hydroxyl groups excluding tert-OH is 1. The van der Waals surface area contributed by atoms with Crippen LogP contribution in [0.25, 0.3) is 0 Å². The van der Waals surface area contributed by atoms with E-state index in [2.05, 4.69) is 58.1 Å². The Morgan fingerprint density at radius 1 is 1.18 bits per heavy atom. The molecule has 2 atom stereocenters. The number of nitrogens with one attached hydrogen (secondary N) is 1. The van der Waals surface area contributed by atoms with Crippen molar-refractivity contribution in [3.8, 4) is 0 Å². The first-order valence-corrected chi connectivity index (χ1v) is 6.39. The normalized spacial score (nSPS) is 15.0. The van der Waals surface area contributed by atoms with Gasteiger partial charge in [-0.1, -0.05) is 37.6 Å². The smallest absolute Gasteiger partial charge is 0.0587 e. The molecule has 2 N–H and O–H groups in total. The predicted molar refractivity (Wildman–Crippen MR) is 73.2 cm³/mol. The van der Waals surface area contributed by atoms with Gasteiger partial charge in [0.25, 0.3) is 0 Å². The fourth-order valence-electron chi connectivity index (χ4n) is 2.09. The van der Waals surface area contributed by atoms with Gasteiger partial charge < -0.3 is 10.4 Å². The zero-order valence-electron chi connectivity index (χ0n) is 11.6. The first-order chi connectivity index (χ1) is 7.95. The van der Waals surface area contributed by atoms with E-state index in [0.717, 1.165) is 0 Å². The van der Waals surface area contributed by atoms with Crippen LogP contribution < -0.4 is 5.32 Å². The van der Waals surface area contributed by atoms with Gasteiger partial charge in [0.15, 0.2) is 0 Å². The van der Waals surface area contributed by atoms with Crippen LogP contribution in [0, 0.1) is 19.8 Å². The average Bonchev–Trinajstić information content (AvgIpc) is 2.28. The topological polar surface area (TPSA) is 32.3 Å². The highest BCUT2D eigenvalue weighted by Crippen LogP contribution is 2.20. The second-order valence-corrected chi connectivity index (χ2v) is 5.28. The van der Waals surface area contributed by atoms with Crippen LogP contribution in [0.5, 0.6) is 0 Å². The van der Waals surface area contributed by atoms with Crippen LogP contribution >= 0.6 is 0 Å². The molecule has 0 saturated carbocycles. The van der Waals surface area contributed by atoms with Crippen LogP contribution in [0.1, 0.15) is 43.5 Å². The van der Waals surface area contributed by atoms with Crippen molar-refractivity contribution in [1.82, 2.24) is 5.32 Å². The summed E-state index contributed by atoms with van der Waals surface area (Å²) in [4.78, 5) is 0. The summed E-state index contributed by atoms with van der Waals surface area (Å²) in [5, 5.41) is 12.9. The van der Waals surface area contributed by atoms with Crippen LogP contribution in [-0.2, 0) is 0 Å². The molecule has 0 aliphatic heterocycles. The van der Waals surface area contributed by atoms with E-state index in [-0.39, 0.29) is 18.7 Å². The highest BCUT2D eigenvalue weighted by molar-refractivity contribution is 5.32. The summed E-state index contributed by atoms with van der Waals surface area (Å²) in [7, 11) is 0. The number of aliphatic hydroxyl groups is 1. The van der Waals surface area contributed by atoms with Crippen molar-refractivity contribution in [2.24, 2.45) is 5.92 Å². The van der Waals surface area contributed by atoms with E-state index in [9.17, 15) is 5.11 Å². The second kappa shape index (κ2) is 6.18. The SMILES string of the molecule is Cc1ccc(C)c(C(C)NC(CO)C(C)C)c1. The van der Waals surface area contributed by atoms with Crippen LogP contribution in [0.2, 0.25) is 0 Å². The maximum atomic E-state index is 9.35. The van der Waals surface area contributed by atoms with Gasteiger partial charge in [-0.15, -0.1) is 0 Å². The molecule has 96 valence electrons. The van der Waals surface area contributed by atoms with E-state index in [4.69, 9.17) is 0 Å². The standard InChI is InChI=1S/C15H25NO/c1-10(2)15(9-17)16-13(5)14-8-11(3)6-7-12(14)4/h6-8,10,13,15-17H,9H2,1-5H3. The fourth-order valence-corrected chi connectivity index (χ4v) is 2.09. The number of aryl methyl sites for hydroxylation is 2. The Labute approximate surface area is 105 Å². The molecule has 0 fully saturated rings. The summed E-state index contributed by atoms with van der Waals surface area (Å²) in [5.74, 6) is 0.438. The van der Waals surface area contributed by atoms with Crippen molar-refractivity contribution in [2.45, 2.75) is 46.7 Å². The zero-order chi connectivity index (χ0) is 13.0. The number of hydrogen-bond acceptors (Lipinski definition) is 2. The maximum absolute atomic E-state index is 9.35. The molecule has 0 spiro atoms. The van der Waals surface area contributed by atoms with E-state index < -0.39 is 0 Å². The minimum Gasteiger partial charge on any atom is -0.395 e. The van der Waals surface area contributed by atoms with Crippen molar-refractivity contribution in [3.63, 3.8) is 0 Å². The van der Waals surface area contributed by atoms with Crippen LogP contribution in [-0.4, -0.2) is 17.8 Å². The second-order valence-electron chi connectivity index (χ2n) is 5.28. The van der Waals surface area contributed by atoms with Crippen LogP contribution in [0.3, 0.4) is 0 Å². The summed E-state index contributed by atoms with van der Waals surface area (Å²) in [6.07, 6.45) is 0. The Balaban J connectivity index is 2.81. The minimum absolute atomic E-state index is 0.157. The monoisotopic (exact) mass is 235 g/mol. The molecule has 0 aliphatic rings. The molecule has 0 saturated heterocycles. The third-order valence-electron chi connectivity index (χ3n) is 3.37. The molecule has 0 amide bonds. The van der Waals surface area contributed by atoms with Gasteiger partial charge in [0.05, 0.1) is 6.61 Å². The maximum Gasteiger partial charge on any atom is 0.0587 e. The van der Waals surface area contributed by atoms with Crippen LogP contribution in [0.4, 0.5) is 0 Å². The molecule has 0 aromatic heterocycles. The van der Waals surface area contributed by atoms with Crippen molar-refractivity contribution in [1.29, 1.82) is 0 Å².